The Bertz CT molecular complexity index is 832. The third-order valence-corrected chi connectivity index (χ3v) is 7.07. The number of sulfonamides is 1. The fourth-order valence-electron chi connectivity index (χ4n) is 3.52. The van der Waals surface area contributed by atoms with Crippen molar-refractivity contribution in [3.8, 4) is 0 Å². The highest BCUT2D eigenvalue weighted by Crippen LogP contribution is 2.22. The molecule has 0 saturated carbocycles. The summed E-state index contributed by atoms with van der Waals surface area (Å²) in [6.07, 6.45) is 0. The molecule has 9 heteroatoms. The van der Waals surface area contributed by atoms with Gasteiger partial charge in [0.05, 0.1) is 18.0 Å². The Morgan fingerprint density at radius 1 is 1.11 bits per heavy atom. The summed E-state index contributed by atoms with van der Waals surface area (Å²) in [6.45, 7) is 6.64. The van der Waals surface area contributed by atoms with Crippen LogP contribution < -0.4 is 5.32 Å². The summed E-state index contributed by atoms with van der Waals surface area (Å²) in [4.78, 5) is 27.7. The monoisotopic (exact) mass is 394 g/mol. The van der Waals surface area contributed by atoms with Crippen molar-refractivity contribution in [2.45, 2.75) is 18.7 Å². The second-order valence-corrected chi connectivity index (χ2v) is 9.02. The minimum atomic E-state index is -3.56. The number of piperazine rings is 2. The molecule has 0 atom stereocenters. The molecule has 1 aromatic carbocycles. The molecule has 0 radical (unpaired) electrons. The number of carbonyl (C=O) groups is 2. The van der Waals surface area contributed by atoms with Gasteiger partial charge in [0.25, 0.3) is 0 Å². The van der Waals surface area contributed by atoms with Crippen molar-refractivity contribution >= 4 is 21.8 Å². The van der Waals surface area contributed by atoms with Crippen LogP contribution in [0.15, 0.2) is 23.1 Å². The van der Waals surface area contributed by atoms with Gasteiger partial charge in [0.1, 0.15) is 0 Å². The Hall–Kier alpha value is -1.97. The van der Waals surface area contributed by atoms with E-state index in [1.165, 1.54) is 4.31 Å². The van der Waals surface area contributed by atoms with Gasteiger partial charge in [-0.2, -0.15) is 4.31 Å². The van der Waals surface area contributed by atoms with Crippen molar-refractivity contribution < 1.29 is 18.0 Å². The zero-order valence-corrected chi connectivity index (χ0v) is 16.6. The average Bonchev–Trinajstić information content (AvgIpc) is 2.61. The van der Waals surface area contributed by atoms with E-state index < -0.39 is 10.0 Å². The SMILES string of the molecule is Cc1ccc(S(=O)(=O)N2CCN(C(=O)CN3CCNC(=O)C3)CC2)c(C)c1. The predicted octanol–water partition coefficient (Wildman–Crippen LogP) is -0.432. The van der Waals surface area contributed by atoms with Gasteiger partial charge in [0, 0.05) is 39.3 Å². The summed E-state index contributed by atoms with van der Waals surface area (Å²) in [5.41, 5.74) is 1.75. The molecule has 0 unspecified atom stereocenters. The molecule has 0 aliphatic carbocycles. The first-order valence-electron chi connectivity index (χ1n) is 9.11. The highest BCUT2D eigenvalue weighted by molar-refractivity contribution is 7.89. The quantitative estimate of drug-likeness (QED) is 0.748. The van der Waals surface area contributed by atoms with E-state index >= 15 is 0 Å². The first kappa shape index (κ1) is 19.8. The lowest BCUT2D eigenvalue weighted by molar-refractivity contribution is -0.135. The molecule has 2 aliphatic heterocycles. The lowest BCUT2D eigenvalue weighted by atomic mass is 10.2. The molecule has 1 N–H and O–H groups in total. The van der Waals surface area contributed by atoms with Crippen LogP contribution in [0.1, 0.15) is 11.1 Å². The number of nitrogens with zero attached hydrogens (tertiary/aromatic N) is 3. The van der Waals surface area contributed by atoms with E-state index in [1.807, 2.05) is 17.9 Å². The molecule has 2 heterocycles. The fourth-order valence-corrected chi connectivity index (χ4v) is 5.15. The third kappa shape index (κ3) is 4.48. The van der Waals surface area contributed by atoms with Gasteiger partial charge in [-0.15, -0.1) is 0 Å². The van der Waals surface area contributed by atoms with Gasteiger partial charge in [-0.25, -0.2) is 8.42 Å². The van der Waals surface area contributed by atoms with Crippen LogP contribution in [-0.2, 0) is 19.6 Å². The molecule has 1 aromatic rings. The normalized spacial score (nSPS) is 19.8. The molecule has 0 bridgehead atoms. The topological polar surface area (TPSA) is 90.0 Å². The number of amides is 2. The minimum absolute atomic E-state index is 0.0618. The van der Waals surface area contributed by atoms with Crippen LogP contribution in [0, 0.1) is 13.8 Å². The van der Waals surface area contributed by atoms with E-state index in [4.69, 9.17) is 0 Å². The summed E-state index contributed by atoms with van der Waals surface area (Å²) in [7, 11) is -3.56. The molecule has 0 spiro atoms. The number of benzene rings is 1. The van der Waals surface area contributed by atoms with Gasteiger partial charge in [-0.1, -0.05) is 17.7 Å². The van der Waals surface area contributed by atoms with Crippen LogP contribution in [0.2, 0.25) is 0 Å². The van der Waals surface area contributed by atoms with Gasteiger partial charge in [0.2, 0.25) is 21.8 Å². The molecule has 148 valence electrons. The molecule has 2 saturated heterocycles. The number of hydrogen-bond donors (Lipinski definition) is 1. The minimum Gasteiger partial charge on any atom is -0.354 e. The van der Waals surface area contributed by atoms with Crippen molar-refractivity contribution in [3.63, 3.8) is 0 Å². The zero-order valence-electron chi connectivity index (χ0n) is 15.8. The number of carbonyl (C=O) groups excluding carboxylic acids is 2. The van der Waals surface area contributed by atoms with E-state index in [9.17, 15) is 18.0 Å². The van der Waals surface area contributed by atoms with Crippen molar-refractivity contribution in [3.05, 3.63) is 29.3 Å². The van der Waals surface area contributed by atoms with Crippen molar-refractivity contribution in [2.75, 3.05) is 52.4 Å². The molecule has 0 aromatic heterocycles. The zero-order chi connectivity index (χ0) is 19.6. The van der Waals surface area contributed by atoms with E-state index in [0.29, 0.717) is 31.1 Å². The van der Waals surface area contributed by atoms with Crippen molar-refractivity contribution in [2.24, 2.45) is 0 Å². The molecule has 27 heavy (non-hydrogen) atoms. The maximum absolute atomic E-state index is 12.9. The van der Waals surface area contributed by atoms with Gasteiger partial charge >= 0.3 is 0 Å². The van der Waals surface area contributed by atoms with Crippen molar-refractivity contribution in [1.29, 1.82) is 0 Å². The smallest absolute Gasteiger partial charge is 0.243 e. The van der Waals surface area contributed by atoms with Crippen LogP contribution in [0.3, 0.4) is 0 Å². The maximum Gasteiger partial charge on any atom is 0.243 e. The number of nitrogens with one attached hydrogen (secondary N) is 1. The maximum atomic E-state index is 12.9. The lowest BCUT2D eigenvalue weighted by Crippen LogP contribution is -2.55. The van der Waals surface area contributed by atoms with Gasteiger partial charge in [-0.05, 0) is 25.5 Å². The Morgan fingerprint density at radius 3 is 2.44 bits per heavy atom. The molecule has 8 nitrogen and oxygen atoms in total. The van der Waals surface area contributed by atoms with E-state index in [0.717, 1.165) is 11.1 Å². The summed E-state index contributed by atoms with van der Waals surface area (Å²) in [5, 5.41) is 2.73. The molecule has 2 amide bonds. The summed E-state index contributed by atoms with van der Waals surface area (Å²) >= 11 is 0. The van der Waals surface area contributed by atoms with Crippen LogP contribution in [0.4, 0.5) is 0 Å². The summed E-state index contributed by atoms with van der Waals surface area (Å²) < 4.78 is 27.3. The number of hydrogen-bond acceptors (Lipinski definition) is 5. The fraction of sp³-hybridized carbons (Fsp3) is 0.556. The first-order valence-corrected chi connectivity index (χ1v) is 10.6. The van der Waals surface area contributed by atoms with Gasteiger partial charge < -0.3 is 10.2 Å². The molecular formula is C18H26N4O4S. The standard InChI is InChI=1S/C18H26N4O4S/c1-14-3-4-16(15(2)11-14)27(25,26)22-9-7-21(8-10-22)18(24)13-20-6-5-19-17(23)12-20/h3-4,11H,5-10,12-13H2,1-2H3,(H,19,23). The number of aryl methyl sites for hydroxylation is 2. The van der Waals surface area contributed by atoms with E-state index in [2.05, 4.69) is 5.32 Å². The molecule has 2 aliphatic rings. The third-order valence-electron chi connectivity index (χ3n) is 5.02. The summed E-state index contributed by atoms with van der Waals surface area (Å²) in [6, 6.07) is 5.31. The Kier molecular flexibility index (Phi) is 5.83. The lowest BCUT2D eigenvalue weighted by Gasteiger charge is -2.35. The van der Waals surface area contributed by atoms with E-state index in [1.54, 1.807) is 24.0 Å². The second kappa shape index (κ2) is 7.95. The molecule has 3 rings (SSSR count). The van der Waals surface area contributed by atoms with Crippen LogP contribution >= 0.6 is 0 Å². The summed E-state index contributed by atoms with van der Waals surface area (Å²) in [5.74, 6) is -0.133. The second-order valence-electron chi connectivity index (χ2n) is 7.11. The predicted molar refractivity (Wildman–Crippen MR) is 101 cm³/mol. The van der Waals surface area contributed by atoms with E-state index in [-0.39, 0.29) is 38.0 Å². The molecule has 2 fully saturated rings. The largest absolute Gasteiger partial charge is 0.354 e. The first-order chi connectivity index (χ1) is 12.8. The van der Waals surface area contributed by atoms with Crippen LogP contribution in [0.5, 0.6) is 0 Å². The Labute approximate surface area is 160 Å². The average molecular weight is 394 g/mol. The Morgan fingerprint density at radius 2 is 1.81 bits per heavy atom. The van der Waals surface area contributed by atoms with Crippen LogP contribution in [0.25, 0.3) is 0 Å². The number of rotatable bonds is 4. The van der Waals surface area contributed by atoms with Gasteiger partial charge in [0.15, 0.2) is 0 Å². The Balaban J connectivity index is 1.59. The highest BCUT2D eigenvalue weighted by atomic mass is 32.2. The van der Waals surface area contributed by atoms with Crippen molar-refractivity contribution in [1.82, 2.24) is 19.4 Å². The highest BCUT2D eigenvalue weighted by Gasteiger charge is 2.31. The van der Waals surface area contributed by atoms with Gasteiger partial charge in [-0.3, -0.25) is 14.5 Å². The van der Waals surface area contributed by atoms with Crippen LogP contribution in [-0.4, -0.2) is 86.7 Å². The molecular weight excluding hydrogens is 368 g/mol.